The summed E-state index contributed by atoms with van der Waals surface area (Å²) >= 11 is 0. The molecule has 1 aliphatic heterocycles. The molecule has 0 radical (unpaired) electrons. The SMILES string of the molecule is Cc1cccc2c1N(CC(=O)N(CCC(N)=O)Cc1ccccc1)CCC2. The second-order valence-electron chi connectivity index (χ2n) is 7.12. The first-order valence-electron chi connectivity index (χ1n) is 9.48. The number of anilines is 1. The maximum absolute atomic E-state index is 13.1. The fraction of sp³-hybridized carbons (Fsp3) is 0.364. The number of carbonyl (C=O) groups excluding carboxylic acids is 2. The normalized spacial score (nSPS) is 13.1. The smallest absolute Gasteiger partial charge is 0.242 e. The molecule has 0 unspecified atom stereocenters. The quantitative estimate of drug-likeness (QED) is 0.820. The highest BCUT2D eigenvalue weighted by atomic mass is 16.2. The Morgan fingerprint density at radius 2 is 1.89 bits per heavy atom. The number of fused-ring (bicyclic) bond motifs is 1. The Kier molecular flexibility index (Phi) is 6.12. The van der Waals surface area contributed by atoms with Crippen molar-refractivity contribution in [3.8, 4) is 0 Å². The molecule has 1 heterocycles. The van der Waals surface area contributed by atoms with Crippen molar-refractivity contribution in [2.24, 2.45) is 5.73 Å². The van der Waals surface area contributed by atoms with Crippen LogP contribution in [0.15, 0.2) is 48.5 Å². The number of carbonyl (C=O) groups is 2. The van der Waals surface area contributed by atoms with Gasteiger partial charge >= 0.3 is 0 Å². The molecule has 2 amide bonds. The minimum Gasteiger partial charge on any atom is -0.370 e. The van der Waals surface area contributed by atoms with Gasteiger partial charge in [-0.25, -0.2) is 0 Å². The number of aryl methyl sites for hydroxylation is 2. The molecule has 0 saturated heterocycles. The van der Waals surface area contributed by atoms with Gasteiger partial charge < -0.3 is 15.5 Å². The van der Waals surface area contributed by atoms with Crippen LogP contribution in [-0.4, -0.2) is 36.3 Å². The molecule has 3 rings (SSSR count). The van der Waals surface area contributed by atoms with Crippen LogP contribution in [0.4, 0.5) is 5.69 Å². The van der Waals surface area contributed by atoms with Gasteiger partial charge in [-0.15, -0.1) is 0 Å². The molecule has 0 aliphatic carbocycles. The summed E-state index contributed by atoms with van der Waals surface area (Å²) in [7, 11) is 0. The molecule has 27 heavy (non-hydrogen) atoms. The molecule has 0 fully saturated rings. The number of para-hydroxylation sites is 1. The molecule has 5 nitrogen and oxygen atoms in total. The van der Waals surface area contributed by atoms with E-state index in [2.05, 4.69) is 30.0 Å². The zero-order valence-electron chi connectivity index (χ0n) is 15.9. The van der Waals surface area contributed by atoms with E-state index in [4.69, 9.17) is 5.73 Å². The lowest BCUT2D eigenvalue weighted by Crippen LogP contribution is -2.43. The summed E-state index contributed by atoms with van der Waals surface area (Å²) < 4.78 is 0. The standard InChI is InChI=1S/C22H27N3O2/c1-17-7-5-10-19-11-6-13-25(22(17)19)16-21(27)24(14-12-20(23)26)15-18-8-3-2-4-9-18/h2-5,7-10H,6,11-16H2,1H3,(H2,23,26). The van der Waals surface area contributed by atoms with Crippen molar-refractivity contribution in [3.05, 3.63) is 65.2 Å². The molecule has 2 aromatic carbocycles. The molecule has 0 atom stereocenters. The van der Waals surface area contributed by atoms with Crippen LogP contribution >= 0.6 is 0 Å². The van der Waals surface area contributed by atoms with Crippen LogP contribution in [-0.2, 0) is 22.6 Å². The fourth-order valence-corrected chi connectivity index (χ4v) is 3.71. The van der Waals surface area contributed by atoms with E-state index in [-0.39, 0.29) is 18.2 Å². The molecule has 5 heteroatoms. The van der Waals surface area contributed by atoms with Gasteiger partial charge in [0.05, 0.1) is 6.54 Å². The highest BCUT2D eigenvalue weighted by Crippen LogP contribution is 2.30. The number of hydrogen-bond donors (Lipinski definition) is 1. The molecular weight excluding hydrogens is 338 g/mol. The summed E-state index contributed by atoms with van der Waals surface area (Å²) in [6.07, 6.45) is 2.27. The molecule has 1 aliphatic rings. The van der Waals surface area contributed by atoms with E-state index in [9.17, 15) is 9.59 Å². The van der Waals surface area contributed by atoms with Gasteiger partial charge in [0.15, 0.2) is 0 Å². The average molecular weight is 365 g/mol. The van der Waals surface area contributed by atoms with E-state index in [1.807, 2.05) is 30.3 Å². The molecule has 142 valence electrons. The third kappa shape index (κ3) is 4.88. The summed E-state index contributed by atoms with van der Waals surface area (Å²) in [5.74, 6) is -0.365. The molecule has 0 aromatic heterocycles. The first-order valence-corrected chi connectivity index (χ1v) is 9.48. The van der Waals surface area contributed by atoms with Crippen molar-refractivity contribution in [2.45, 2.75) is 32.7 Å². The average Bonchev–Trinajstić information content (AvgIpc) is 2.66. The van der Waals surface area contributed by atoms with Crippen LogP contribution in [0.25, 0.3) is 0 Å². The van der Waals surface area contributed by atoms with E-state index in [0.717, 1.165) is 24.9 Å². The monoisotopic (exact) mass is 365 g/mol. The van der Waals surface area contributed by atoms with Crippen molar-refractivity contribution < 1.29 is 9.59 Å². The molecule has 2 N–H and O–H groups in total. The molecular formula is C22H27N3O2. The third-order valence-electron chi connectivity index (χ3n) is 5.03. The predicted octanol–water partition coefficient (Wildman–Crippen LogP) is 2.65. The summed E-state index contributed by atoms with van der Waals surface area (Å²) in [5.41, 5.74) is 10.1. The highest BCUT2D eigenvalue weighted by Gasteiger charge is 2.23. The third-order valence-corrected chi connectivity index (χ3v) is 5.03. The van der Waals surface area contributed by atoms with Crippen LogP contribution in [0.5, 0.6) is 0 Å². The molecule has 0 spiro atoms. The molecule has 0 saturated carbocycles. The highest BCUT2D eigenvalue weighted by molar-refractivity contribution is 5.83. The van der Waals surface area contributed by atoms with Crippen LogP contribution < -0.4 is 10.6 Å². The van der Waals surface area contributed by atoms with Crippen LogP contribution in [0.3, 0.4) is 0 Å². The summed E-state index contributed by atoms with van der Waals surface area (Å²) in [6, 6.07) is 16.2. The number of nitrogens with zero attached hydrogens (tertiary/aromatic N) is 2. The van der Waals surface area contributed by atoms with Crippen molar-refractivity contribution in [1.29, 1.82) is 0 Å². The largest absolute Gasteiger partial charge is 0.370 e. The maximum Gasteiger partial charge on any atom is 0.242 e. The minimum absolute atomic E-state index is 0.0243. The summed E-state index contributed by atoms with van der Waals surface area (Å²) in [4.78, 5) is 28.3. The Morgan fingerprint density at radius 3 is 2.63 bits per heavy atom. The van der Waals surface area contributed by atoms with E-state index >= 15 is 0 Å². The lowest BCUT2D eigenvalue weighted by atomic mass is 9.98. The Balaban J connectivity index is 1.75. The van der Waals surface area contributed by atoms with E-state index < -0.39 is 0 Å². The van der Waals surface area contributed by atoms with Crippen molar-refractivity contribution in [3.63, 3.8) is 0 Å². The van der Waals surface area contributed by atoms with E-state index in [0.29, 0.717) is 19.6 Å². The van der Waals surface area contributed by atoms with Gasteiger partial charge in [0, 0.05) is 31.7 Å². The zero-order chi connectivity index (χ0) is 19.2. The molecule has 2 aromatic rings. The second-order valence-corrected chi connectivity index (χ2v) is 7.12. The van der Waals surface area contributed by atoms with Crippen LogP contribution in [0.2, 0.25) is 0 Å². The number of primary amides is 1. The number of nitrogens with two attached hydrogens (primary N) is 1. The van der Waals surface area contributed by atoms with Gasteiger partial charge in [-0.1, -0.05) is 48.5 Å². The Hall–Kier alpha value is -2.82. The van der Waals surface area contributed by atoms with Crippen molar-refractivity contribution >= 4 is 17.5 Å². The number of rotatable bonds is 7. The van der Waals surface area contributed by atoms with Gasteiger partial charge in [-0.2, -0.15) is 0 Å². The van der Waals surface area contributed by atoms with Gasteiger partial charge in [0.25, 0.3) is 0 Å². The van der Waals surface area contributed by atoms with Crippen molar-refractivity contribution in [1.82, 2.24) is 4.90 Å². The van der Waals surface area contributed by atoms with Gasteiger partial charge in [0.2, 0.25) is 11.8 Å². The number of hydrogen-bond acceptors (Lipinski definition) is 3. The first-order chi connectivity index (χ1) is 13.0. The van der Waals surface area contributed by atoms with Gasteiger partial charge in [-0.05, 0) is 36.5 Å². The van der Waals surface area contributed by atoms with Crippen LogP contribution in [0, 0.1) is 6.92 Å². The lowest BCUT2D eigenvalue weighted by molar-refractivity contribution is -0.130. The number of amides is 2. The second kappa shape index (κ2) is 8.71. The maximum atomic E-state index is 13.1. The topological polar surface area (TPSA) is 66.6 Å². The van der Waals surface area contributed by atoms with Gasteiger partial charge in [0.1, 0.15) is 0 Å². The Morgan fingerprint density at radius 1 is 1.11 bits per heavy atom. The minimum atomic E-state index is -0.389. The molecule has 0 bridgehead atoms. The van der Waals surface area contributed by atoms with Crippen LogP contribution in [0.1, 0.15) is 29.5 Å². The van der Waals surface area contributed by atoms with Crippen molar-refractivity contribution in [2.75, 3.05) is 24.5 Å². The Bertz CT molecular complexity index is 804. The fourth-order valence-electron chi connectivity index (χ4n) is 3.71. The Labute approximate surface area is 160 Å². The van der Waals surface area contributed by atoms with Gasteiger partial charge in [-0.3, -0.25) is 9.59 Å². The first kappa shape index (κ1) is 19.0. The summed E-state index contributed by atoms with van der Waals surface area (Å²) in [5, 5.41) is 0. The van der Waals surface area contributed by atoms with E-state index in [1.54, 1.807) is 4.90 Å². The lowest BCUT2D eigenvalue weighted by Gasteiger charge is -2.34. The number of benzene rings is 2. The zero-order valence-corrected chi connectivity index (χ0v) is 15.9. The summed E-state index contributed by atoms with van der Waals surface area (Å²) in [6.45, 7) is 4.12. The predicted molar refractivity (Wildman–Crippen MR) is 107 cm³/mol. The van der Waals surface area contributed by atoms with E-state index in [1.165, 1.54) is 16.8 Å².